The minimum Gasteiger partial charge on any atom is -0.491 e. The molecule has 2 aromatic carbocycles. The molecule has 10 rings (SSSR count). The molecule has 0 aromatic heterocycles. The van der Waals surface area contributed by atoms with E-state index in [2.05, 4.69) is 24.3 Å². The van der Waals surface area contributed by atoms with E-state index in [1.165, 1.54) is 98.9 Å². The van der Waals surface area contributed by atoms with Crippen molar-refractivity contribution < 1.29 is 19.7 Å². The minimum absolute atomic E-state index is 0.0146. The van der Waals surface area contributed by atoms with Gasteiger partial charge in [-0.05, 0) is 153 Å². The number of aliphatic hydroxyl groups is 2. The standard InChI is InChI=1S/C34H44O4/c35-3-5-37-30-2-1-29(34-18-24-10-25(19-34)12-26(11-24)20-34)32-28(30)13-27(14-31(32)38-6-4-36)33-15-21-7-22(16-33)9-23(8-21)17-33/h1-2,13-14,21-26,35-36H,3-12,15-20H2. The lowest BCUT2D eigenvalue weighted by Gasteiger charge is -2.57. The lowest BCUT2D eigenvalue weighted by atomic mass is 9.47. The molecule has 0 radical (unpaired) electrons. The van der Waals surface area contributed by atoms with Gasteiger partial charge >= 0.3 is 0 Å². The van der Waals surface area contributed by atoms with Gasteiger partial charge in [0.25, 0.3) is 0 Å². The van der Waals surface area contributed by atoms with Gasteiger partial charge in [0.1, 0.15) is 24.7 Å². The molecular weight excluding hydrogens is 472 g/mol. The summed E-state index contributed by atoms with van der Waals surface area (Å²) in [5, 5.41) is 21.8. The third kappa shape index (κ3) is 3.69. The summed E-state index contributed by atoms with van der Waals surface area (Å²) in [7, 11) is 0. The van der Waals surface area contributed by atoms with Crippen LogP contribution < -0.4 is 9.47 Å². The van der Waals surface area contributed by atoms with Gasteiger partial charge in [-0.25, -0.2) is 0 Å². The molecule has 0 unspecified atom stereocenters. The van der Waals surface area contributed by atoms with E-state index in [9.17, 15) is 10.2 Å². The van der Waals surface area contributed by atoms with Crippen LogP contribution in [0.2, 0.25) is 0 Å². The fraction of sp³-hybridized carbons (Fsp3) is 0.706. The summed E-state index contributed by atoms with van der Waals surface area (Å²) in [5.41, 5.74) is 3.40. The summed E-state index contributed by atoms with van der Waals surface area (Å²) in [6.07, 6.45) is 16.4. The molecule has 204 valence electrons. The molecule has 8 bridgehead atoms. The van der Waals surface area contributed by atoms with E-state index in [0.29, 0.717) is 13.2 Å². The lowest BCUT2D eigenvalue weighted by Crippen LogP contribution is -2.49. The maximum Gasteiger partial charge on any atom is 0.127 e. The fourth-order valence-electron chi connectivity index (χ4n) is 11.6. The van der Waals surface area contributed by atoms with Gasteiger partial charge in [-0.3, -0.25) is 0 Å². The van der Waals surface area contributed by atoms with Crippen molar-refractivity contribution in [3.05, 3.63) is 35.4 Å². The Morgan fingerprint density at radius 3 is 1.58 bits per heavy atom. The highest BCUT2D eigenvalue weighted by Gasteiger charge is 2.54. The first-order valence-corrected chi connectivity index (χ1v) is 15.7. The van der Waals surface area contributed by atoms with Crippen molar-refractivity contribution >= 4 is 10.8 Å². The van der Waals surface area contributed by atoms with Crippen LogP contribution in [0.1, 0.15) is 88.2 Å². The second-order valence-electron chi connectivity index (χ2n) is 14.5. The molecule has 0 saturated heterocycles. The van der Waals surface area contributed by atoms with Gasteiger partial charge in [-0.1, -0.05) is 6.07 Å². The Morgan fingerprint density at radius 2 is 1.08 bits per heavy atom. The number of ether oxygens (including phenoxy) is 2. The summed E-state index contributed by atoms with van der Waals surface area (Å²) in [6.45, 7) is 0.666. The van der Waals surface area contributed by atoms with Crippen molar-refractivity contribution in [2.75, 3.05) is 26.4 Å². The zero-order chi connectivity index (χ0) is 25.5. The highest BCUT2D eigenvalue weighted by Crippen LogP contribution is 2.64. The summed E-state index contributed by atoms with van der Waals surface area (Å²) in [5.74, 6) is 7.08. The number of benzene rings is 2. The second-order valence-corrected chi connectivity index (χ2v) is 14.5. The van der Waals surface area contributed by atoms with Crippen molar-refractivity contribution in [1.82, 2.24) is 0 Å². The Balaban J connectivity index is 1.32. The van der Waals surface area contributed by atoms with Gasteiger partial charge in [0.15, 0.2) is 0 Å². The average molecular weight is 517 g/mol. The van der Waals surface area contributed by atoms with E-state index >= 15 is 0 Å². The van der Waals surface area contributed by atoms with Crippen molar-refractivity contribution in [2.45, 2.75) is 87.9 Å². The van der Waals surface area contributed by atoms with Gasteiger partial charge in [-0.2, -0.15) is 0 Å². The summed E-state index contributed by atoms with van der Waals surface area (Å²) in [6, 6.07) is 9.42. The number of fused-ring (bicyclic) bond motifs is 1. The van der Waals surface area contributed by atoms with Crippen LogP contribution in [0.3, 0.4) is 0 Å². The molecule has 0 spiro atoms. The average Bonchev–Trinajstić information content (AvgIpc) is 2.88. The quantitative estimate of drug-likeness (QED) is 0.420. The molecule has 0 amide bonds. The first-order chi connectivity index (χ1) is 18.6. The number of hydrogen-bond acceptors (Lipinski definition) is 4. The number of rotatable bonds is 8. The highest BCUT2D eigenvalue weighted by molar-refractivity contribution is 5.97. The maximum absolute atomic E-state index is 9.79. The van der Waals surface area contributed by atoms with Crippen LogP contribution in [0.15, 0.2) is 24.3 Å². The van der Waals surface area contributed by atoms with Crippen molar-refractivity contribution in [1.29, 1.82) is 0 Å². The molecule has 0 aliphatic heterocycles. The summed E-state index contributed by atoms with van der Waals surface area (Å²) < 4.78 is 12.7. The normalized spacial score (nSPS) is 40.3. The molecule has 2 aromatic rings. The van der Waals surface area contributed by atoms with Gasteiger partial charge in [0.2, 0.25) is 0 Å². The second kappa shape index (κ2) is 8.86. The van der Waals surface area contributed by atoms with Crippen molar-refractivity contribution in [3.8, 4) is 11.5 Å². The summed E-state index contributed by atoms with van der Waals surface area (Å²) >= 11 is 0. The van der Waals surface area contributed by atoms with Crippen LogP contribution in [-0.2, 0) is 10.8 Å². The third-order valence-corrected chi connectivity index (χ3v) is 12.0. The monoisotopic (exact) mass is 516 g/mol. The van der Waals surface area contributed by atoms with Gasteiger partial charge in [0.05, 0.1) is 13.2 Å². The maximum atomic E-state index is 9.79. The molecule has 8 fully saturated rings. The molecule has 8 saturated carbocycles. The minimum atomic E-state index is 0.0146. The smallest absolute Gasteiger partial charge is 0.127 e. The third-order valence-electron chi connectivity index (χ3n) is 12.0. The van der Waals surface area contributed by atoms with Crippen molar-refractivity contribution in [2.24, 2.45) is 35.5 Å². The summed E-state index contributed by atoms with van der Waals surface area (Å²) in [4.78, 5) is 0. The van der Waals surface area contributed by atoms with E-state index in [-0.39, 0.29) is 24.0 Å². The lowest BCUT2D eigenvalue weighted by molar-refractivity contribution is -0.00532. The predicted octanol–water partition coefficient (Wildman–Crippen LogP) is 6.52. The van der Waals surface area contributed by atoms with E-state index in [1.807, 2.05) is 0 Å². The van der Waals surface area contributed by atoms with Crippen LogP contribution in [0.25, 0.3) is 10.8 Å². The molecule has 8 aliphatic carbocycles. The molecule has 4 heteroatoms. The number of aliphatic hydroxyl groups excluding tert-OH is 2. The Morgan fingerprint density at radius 1 is 0.605 bits per heavy atom. The van der Waals surface area contributed by atoms with E-state index < -0.39 is 0 Å². The highest BCUT2D eigenvalue weighted by atomic mass is 16.5. The Bertz CT molecular complexity index is 1160. The zero-order valence-corrected chi connectivity index (χ0v) is 22.8. The van der Waals surface area contributed by atoms with Crippen LogP contribution >= 0.6 is 0 Å². The first-order valence-electron chi connectivity index (χ1n) is 15.7. The first kappa shape index (κ1) is 24.1. The Hall–Kier alpha value is -1.78. The van der Waals surface area contributed by atoms with Crippen molar-refractivity contribution in [3.63, 3.8) is 0 Å². The largest absolute Gasteiger partial charge is 0.491 e. The molecule has 0 heterocycles. The van der Waals surface area contributed by atoms with E-state index in [0.717, 1.165) is 47.0 Å². The van der Waals surface area contributed by atoms with Gasteiger partial charge < -0.3 is 19.7 Å². The Labute approximate surface area is 227 Å². The molecule has 2 N–H and O–H groups in total. The van der Waals surface area contributed by atoms with Gasteiger partial charge in [0, 0.05) is 10.8 Å². The van der Waals surface area contributed by atoms with Crippen LogP contribution in [0, 0.1) is 35.5 Å². The molecule has 0 atom stereocenters. The number of hydrogen-bond donors (Lipinski definition) is 2. The predicted molar refractivity (Wildman–Crippen MR) is 149 cm³/mol. The molecule has 8 aliphatic rings. The molecular formula is C34H44O4. The van der Waals surface area contributed by atoms with Crippen LogP contribution in [-0.4, -0.2) is 36.6 Å². The molecule has 4 nitrogen and oxygen atoms in total. The van der Waals surface area contributed by atoms with E-state index in [1.54, 1.807) is 0 Å². The van der Waals surface area contributed by atoms with E-state index in [4.69, 9.17) is 9.47 Å². The fourth-order valence-corrected chi connectivity index (χ4v) is 11.6. The SMILES string of the molecule is OCCOc1ccc(C23CC4CC(CC(C4)C2)C3)c2c(OCCO)cc(C34CC5CC(CC(C5)C3)C4)cc12. The van der Waals surface area contributed by atoms with Crippen LogP contribution in [0.4, 0.5) is 0 Å². The topological polar surface area (TPSA) is 58.9 Å². The Kier molecular flexibility index (Phi) is 5.61. The zero-order valence-electron chi connectivity index (χ0n) is 22.8. The molecule has 38 heavy (non-hydrogen) atoms. The van der Waals surface area contributed by atoms with Crippen LogP contribution in [0.5, 0.6) is 11.5 Å². The van der Waals surface area contributed by atoms with Gasteiger partial charge in [-0.15, -0.1) is 0 Å².